The highest BCUT2D eigenvalue weighted by atomic mass is 19.1. The van der Waals surface area contributed by atoms with Gasteiger partial charge in [-0.15, -0.1) is 0 Å². The molecule has 0 fully saturated rings. The third-order valence-corrected chi connectivity index (χ3v) is 4.60. The van der Waals surface area contributed by atoms with E-state index in [1.165, 1.54) is 17.7 Å². The van der Waals surface area contributed by atoms with E-state index in [4.69, 9.17) is 4.99 Å². The van der Waals surface area contributed by atoms with E-state index in [9.17, 15) is 4.39 Å². The van der Waals surface area contributed by atoms with Crippen molar-refractivity contribution >= 4 is 16.9 Å². The van der Waals surface area contributed by atoms with Gasteiger partial charge in [-0.05, 0) is 65.0 Å². The van der Waals surface area contributed by atoms with Crippen LogP contribution in [-0.4, -0.2) is 55.1 Å². The molecule has 0 bridgehead atoms. The van der Waals surface area contributed by atoms with Crippen molar-refractivity contribution in [3.63, 3.8) is 0 Å². The average Bonchev–Trinajstić information content (AvgIpc) is 2.94. The maximum absolute atomic E-state index is 13.3. The van der Waals surface area contributed by atoms with Gasteiger partial charge in [-0.3, -0.25) is 4.99 Å². The van der Waals surface area contributed by atoms with Crippen LogP contribution in [0.15, 0.2) is 29.4 Å². The number of aliphatic imine (C=N–C) groups is 1. The molecule has 2 aromatic rings. The first-order chi connectivity index (χ1) is 11.8. The molecule has 0 atom stereocenters. The molecule has 1 aromatic heterocycles. The van der Waals surface area contributed by atoms with Crippen LogP contribution in [0.5, 0.6) is 0 Å². The smallest absolute Gasteiger partial charge is 0.191 e. The van der Waals surface area contributed by atoms with Gasteiger partial charge in [0.1, 0.15) is 5.82 Å². The van der Waals surface area contributed by atoms with Crippen molar-refractivity contribution in [3.8, 4) is 0 Å². The molecular weight excluding hydrogens is 317 g/mol. The summed E-state index contributed by atoms with van der Waals surface area (Å²) in [5.74, 6) is 0.604. The highest BCUT2D eigenvalue weighted by Gasteiger charge is 2.19. The fourth-order valence-electron chi connectivity index (χ4n) is 2.44. The second-order valence-electron chi connectivity index (χ2n) is 7.08. The van der Waals surface area contributed by atoms with Crippen LogP contribution in [0.4, 0.5) is 4.39 Å². The topological polar surface area (TPSA) is 55.5 Å². The summed E-state index contributed by atoms with van der Waals surface area (Å²) in [6.45, 7) is 8.69. The second kappa shape index (κ2) is 8.34. The Hall–Kier alpha value is -2.08. The minimum absolute atomic E-state index is 0.00324. The Morgan fingerprint density at radius 2 is 2.04 bits per heavy atom. The second-order valence-corrected chi connectivity index (χ2v) is 7.08. The zero-order chi connectivity index (χ0) is 18.4. The molecule has 0 amide bonds. The molecule has 3 N–H and O–H groups in total. The first-order valence-corrected chi connectivity index (χ1v) is 8.78. The van der Waals surface area contributed by atoms with Crippen molar-refractivity contribution in [3.05, 3.63) is 35.8 Å². The molecule has 1 aromatic carbocycles. The zero-order valence-corrected chi connectivity index (χ0v) is 15.9. The summed E-state index contributed by atoms with van der Waals surface area (Å²) in [6.07, 6.45) is 2.79. The van der Waals surface area contributed by atoms with E-state index < -0.39 is 0 Å². The predicted octanol–water partition coefficient (Wildman–Crippen LogP) is 2.74. The molecule has 0 unspecified atom stereocenters. The lowest BCUT2D eigenvalue weighted by Crippen LogP contribution is -2.44. The predicted molar refractivity (Wildman–Crippen MR) is 104 cm³/mol. The van der Waals surface area contributed by atoms with Crippen LogP contribution < -0.4 is 10.6 Å². The van der Waals surface area contributed by atoms with Gasteiger partial charge in [-0.1, -0.05) is 0 Å². The Bertz CT molecular complexity index is 718. The number of hydrogen-bond donors (Lipinski definition) is 3. The Morgan fingerprint density at radius 3 is 2.72 bits per heavy atom. The minimum Gasteiger partial charge on any atom is -0.361 e. The summed E-state index contributed by atoms with van der Waals surface area (Å²) in [4.78, 5) is 10.00. The van der Waals surface area contributed by atoms with Crippen LogP contribution in [0.2, 0.25) is 0 Å². The van der Waals surface area contributed by atoms with Crippen LogP contribution in [0, 0.1) is 5.82 Å². The quantitative estimate of drug-likeness (QED) is 0.533. The molecule has 0 saturated heterocycles. The lowest BCUT2D eigenvalue weighted by atomic mass is 10.1. The fraction of sp³-hybridized carbons (Fsp3) is 0.526. The molecule has 1 heterocycles. The monoisotopic (exact) mass is 347 g/mol. The Balaban J connectivity index is 1.96. The average molecular weight is 347 g/mol. The van der Waals surface area contributed by atoms with E-state index in [-0.39, 0.29) is 11.4 Å². The Morgan fingerprint density at radius 1 is 1.28 bits per heavy atom. The van der Waals surface area contributed by atoms with Gasteiger partial charge in [-0.2, -0.15) is 0 Å². The number of halogens is 1. The van der Waals surface area contributed by atoms with E-state index in [2.05, 4.69) is 55.4 Å². The van der Waals surface area contributed by atoms with Gasteiger partial charge >= 0.3 is 0 Å². The van der Waals surface area contributed by atoms with Gasteiger partial charge in [0.2, 0.25) is 0 Å². The minimum atomic E-state index is -0.218. The standard InChI is InChI=1S/C19H30FN5/c1-6-21-18(24-13-19(2,3)25(4)5)22-10-9-14-12-23-17-11-15(20)7-8-16(14)17/h7-8,11-12,23H,6,9-10,13H2,1-5H3,(H2,21,22,24). The molecule has 6 heteroatoms. The van der Waals surface area contributed by atoms with Crippen LogP contribution in [0.3, 0.4) is 0 Å². The number of rotatable bonds is 7. The van der Waals surface area contributed by atoms with Crippen LogP contribution >= 0.6 is 0 Å². The molecule has 5 nitrogen and oxygen atoms in total. The summed E-state index contributed by atoms with van der Waals surface area (Å²) in [7, 11) is 4.13. The van der Waals surface area contributed by atoms with Crippen LogP contribution in [-0.2, 0) is 6.42 Å². The fourth-order valence-corrected chi connectivity index (χ4v) is 2.44. The van der Waals surface area contributed by atoms with Gasteiger partial charge in [0.15, 0.2) is 5.96 Å². The molecule has 0 radical (unpaired) electrons. The highest BCUT2D eigenvalue weighted by Crippen LogP contribution is 2.19. The summed E-state index contributed by atoms with van der Waals surface area (Å²) < 4.78 is 13.3. The van der Waals surface area contributed by atoms with E-state index in [1.54, 1.807) is 0 Å². The summed E-state index contributed by atoms with van der Waals surface area (Å²) in [6, 6.07) is 4.86. The summed E-state index contributed by atoms with van der Waals surface area (Å²) >= 11 is 0. The van der Waals surface area contributed by atoms with E-state index >= 15 is 0 Å². The molecule has 0 aliphatic heterocycles. The zero-order valence-electron chi connectivity index (χ0n) is 15.9. The molecule has 138 valence electrons. The number of benzene rings is 1. The Kier molecular flexibility index (Phi) is 6.42. The maximum Gasteiger partial charge on any atom is 0.191 e. The molecule has 0 saturated carbocycles. The van der Waals surface area contributed by atoms with E-state index in [1.807, 2.05) is 12.3 Å². The van der Waals surface area contributed by atoms with Gasteiger partial charge in [0.25, 0.3) is 0 Å². The van der Waals surface area contributed by atoms with E-state index in [0.29, 0.717) is 6.54 Å². The van der Waals surface area contributed by atoms with Crippen LogP contribution in [0.1, 0.15) is 26.3 Å². The molecule has 2 rings (SSSR count). The first kappa shape index (κ1) is 19.2. The normalized spacial score (nSPS) is 12.8. The molecule has 25 heavy (non-hydrogen) atoms. The number of aromatic nitrogens is 1. The highest BCUT2D eigenvalue weighted by molar-refractivity contribution is 5.83. The van der Waals surface area contributed by atoms with Gasteiger partial charge < -0.3 is 20.5 Å². The van der Waals surface area contributed by atoms with Gasteiger partial charge in [0.05, 0.1) is 6.54 Å². The number of H-pyrrole nitrogens is 1. The number of guanidine groups is 1. The number of aromatic amines is 1. The van der Waals surface area contributed by atoms with Crippen molar-refractivity contribution in [1.29, 1.82) is 0 Å². The molecule has 0 aliphatic rings. The van der Waals surface area contributed by atoms with E-state index in [0.717, 1.165) is 36.4 Å². The van der Waals surface area contributed by atoms with Crippen molar-refractivity contribution in [2.75, 3.05) is 33.7 Å². The molecule has 0 spiro atoms. The maximum atomic E-state index is 13.3. The van der Waals surface area contributed by atoms with Gasteiger partial charge in [0, 0.05) is 35.7 Å². The van der Waals surface area contributed by atoms with Crippen molar-refractivity contribution in [2.45, 2.75) is 32.7 Å². The third-order valence-electron chi connectivity index (χ3n) is 4.60. The lowest BCUT2D eigenvalue weighted by Gasteiger charge is -2.31. The number of nitrogens with zero attached hydrogens (tertiary/aromatic N) is 2. The van der Waals surface area contributed by atoms with Crippen molar-refractivity contribution in [1.82, 2.24) is 20.5 Å². The lowest BCUT2D eigenvalue weighted by molar-refractivity contribution is 0.204. The Labute approximate surface area is 149 Å². The number of nitrogens with one attached hydrogen (secondary N) is 3. The number of hydrogen-bond acceptors (Lipinski definition) is 2. The summed E-state index contributed by atoms with van der Waals surface area (Å²) in [5, 5.41) is 7.73. The number of fused-ring (bicyclic) bond motifs is 1. The number of likely N-dealkylation sites (N-methyl/N-ethyl adjacent to an activating group) is 1. The third kappa shape index (κ3) is 5.19. The molecular formula is C19H30FN5. The SMILES string of the molecule is CCNC(=NCC(C)(C)N(C)C)NCCc1c[nH]c2cc(F)ccc12. The van der Waals surface area contributed by atoms with Crippen molar-refractivity contribution in [2.24, 2.45) is 4.99 Å². The first-order valence-electron chi connectivity index (χ1n) is 8.78. The summed E-state index contributed by atoms with van der Waals surface area (Å²) in [5.41, 5.74) is 2.01. The largest absolute Gasteiger partial charge is 0.361 e. The van der Waals surface area contributed by atoms with Crippen LogP contribution in [0.25, 0.3) is 10.9 Å². The van der Waals surface area contributed by atoms with Crippen molar-refractivity contribution < 1.29 is 4.39 Å². The molecule has 0 aliphatic carbocycles. The van der Waals surface area contributed by atoms with Gasteiger partial charge in [-0.25, -0.2) is 4.39 Å².